The van der Waals surface area contributed by atoms with Crippen LogP contribution in [0.15, 0.2) is 30.3 Å². The number of rotatable bonds is 11. The van der Waals surface area contributed by atoms with Crippen LogP contribution in [-0.4, -0.2) is 117 Å². The number of aliphatic hydroxyl groups excluding tert-OH is 1. The number of benzene rings is 1. The van der Waals surface area contributed by atoms with Gasteiger partial charge in [-0.2, -0.15) is 0 Å². The van der Waals surface area contributed by atoms with Crippen molar-refractivity contribution in [2.24, 2.45) is 5.92 Å². The number of nitrogens with zero attached hydrogens (tertiary/aromatic N) is 3. The van der Waals surface area contributed by atoms with E-state index in [-0.39, 0.29) is 18.6 Å². The maximum atomic E-state index is 12.9. The molecular weight excluding hydrogens is 410 g/mol. The molecule has 32 heavy (non-hydrogen) atoms. The first-order chi connectivity index (χ1) is 15.5. The number of ether oxygens (including phenoxy) is 3. The third kappa shape index (κ3) is 8.67. The Hall–Kier alpha value is -1.71. The molecule has 1 aromatic carbocycles. The molecule has 0 radical (unpaired) electrons. The van der Waals surface area contributed by atoms with Crippen LogP contribution in [0.1, 0.15) is 13.8 Å². The van der Waals surface area contributed by atoms with Gasteiger partial charge in [0.2, 0.25) is 0 Å². The molecule has 1 aromatic rings. The quantitative estimate of drug-likeness (QED) is 0.539. The van der Waals surface area contributed by atoms with Crippen LogP contribution in [0.25, 0.3) is 0 Å². The molecule has 2 saturated heterocycles. The fourth-order valence-electron chi connectivity index (χ4n) is 4.21. The summed E-state index contributed by atoms with van der Waals surface area (Å²) < 4.78 is 17.0. The molecule has 2 atom stereocenters. The zero-order chi connectivity index (χ0) is 22.8. The smallest absolute Gasteiger partial charge is 0.260 e. The van der Waals surface area contributed by atoms with Crippen molar-refractivity contribution < 1.29 is 24.1 Å². The number of aliphatic hydroxyl groups is 1. The van der Waals surface area contributed by atoms with E-state index in [0.717, 1.165) is 32.8 Å². The molecule has 0 saturated carbocycles. The third-order valence-corrected chi connectivity index (χ3v) is 5.73. The summed E-state index contributed by atoms with van der Waals surface area (Å²) in [6.07, 6.45) is -0.474. The Bertz CT molecular complexity index is 669. The Morgan fingerprint density at radius 2 is 1.81 bits per heavy atom. The van der Waals surface area contributed by atoms with Crippen LogP contribution < -0.4 is 4.74 Å². The first kappa shape index (κ1) is 24.9. The summed E-state index contributed by atoms with van der Waals surface area (Å²) in [4.78, 5) is 19.2. The zero-order valence-corrected chi connectivity index (χ0v) is 19.5. The Kier molecular flexibility index (Phi) is 10.2. The molecule has 2 fully saturated rings. The van der Waals surface area contributed by atoms with Crippen molar-refractivity contribution >= 4 is 5.91 Å². The summed E-state index contributed by atoms with van der Waals surface area (Å²) in [5.74, 6) is 1.01. The van der Waals surface area contributed by atoms with E-state index in [1.807, 2.05) is 35.2 Å². The van der Waals surface area contributed by atoms with Gasteiger partial charge in [-0.05, 0) is 18.1 Å². The molecule has 0 spiro atoms. The molecule has 3 rings (SSSR count). The van der Waals surface area contributed by atoms with E-state index in [2.05, 4.69) is 23.6 Å². The van der Waals surface area contributed by atoms with Gasteiger partial charge in [0.25, 0.3) is 5.91 Å². The molecule has 1 N–H and O–H groups in total. The number of hydrogen-bond donors (Lipinski definition) is 1. The highest BCUT2D eigenvalue weighted by atomic mass is 16.5. The Balaban J connectivity index is 1.47. The number of carbonyl (C=O) groups is 1. The van der Waals surface area contributed by atoms with E-state index in [1.165, 1.54) is 0 Å². The lowest BCUT2D eigenvalue weighted by Crippen LogP contribution is -2.52. The van der Waals surface area contributed by atoms with Crippen LogP contribution in [0.3, 0.4) is 0 Å². The molecule has 2 aliphatic heterocycles. The summed E-state index contributed by atoms with van der Waals surface area (Å²) in [5, 5.41) is 10.6. The average Bonchev–Trinajstić information content (AvgIpc) is 2.78. The fraction of sp³-hybridized carbons (Fsp3) is 0.708. The summed E-state index contributed by atoms with van der Waals surface area (Å²) in [5.41, 5.74) is 0. The van der Waals surface area contributed by atoms with Crippen LogP contribution in [0.2, 0.25) is 0 Å². The molecular formula is C24H39N3O5. The van der Waals surface area contributed by atoms with E-state index in [0.29, 0.717) is 51.0 Å². The average molecular weight is 450 g/mol. The van der Waals surface area contributed by atoms with Crippen LogP contribution in [0, 0.1) is 5.92 Å². The van der Waals surface area contributed by atoms with E-state index in [1.54, 1.807) is 0 Å². The summed E-state index contributed by atoms with van der Waals surface area (Å²) >= 11 is 0. The highest BCUT2D eigenvalue weighted by Crippen LogP contribution is 2.12. The molecule has 0 bridgehead atoms. The minimum absolute atomic E-state index is 0.0193. The van der Waals surface area contributed by atoms with E-state index >= 15 is 0 Å². The minimum Gasteiger partial charge on any atom is -0.484 e. The van der Waals surface area contributed by atoms with Crippen molar-refractivity contribution in [3.8, 4) is 5.75 Å². The Morgan fingerprint density at radius 3 is 2.53 bits per heavy atom. The van der Waals surface area contributed by atoms with E-state index < -0.39 is 6.10 Å². The summed E-state index contributed by atoms with van der Waals surface area (Å²) in [7, 11) is 0. The predicted octanol–water partition coefficient (Wildman–Crippen LogP) is 0.944. The fourth-order valence-corrected chi connectivity index (χ4v) is 4.21. The largest absolute Gasteiger partial charge is 0.484 e. The van der Waals surface area contributed by atoms with Gasteiger partial charge in [-0.1, -0.05) is 32.0 Å². The maximum absolute atomic E-state index is 12.9. The summed E-state index contributed by atoms with van der Waals surface area (Å²) in [6.45, 7) is 12.1. The standard InChI is InChI=1S/C24H39N3O5/c1-20(2)14-27(24(29)19-32-22-6-4-3-5-7-22)18-23-17-26(10-13-31-23)16-21(28)15-25-8-11-30-12-9-25/h3-7,20-21,23,28H,8-19H2,1-2H3/t21-,23+/m0/s1. The monoisotopic (exact) mass is 449 g/mol. The second kappa shape index (κ2) is 13.1. The van der Waals surface area contributed by atoms with Gasteiger partial charge in [-0.3, -0.25) is 14.6 Å². The normalized spacial score (nSPS) is 21.4. The minimum atomic E-state index is -0.403. The van der Waals surface area contributed by atoms with Gasteiger partial charge in [0.15, 0.2) is 6.61 Å². The lowest BCUT2D eigenvalue weighted by Gasteiger charge is -2.37. The highest BCUT2D eigenvalue weighted by Gasteiger charge is 2.27. The van der Waals surface area contributed by atoms with Gasteiger partial charge in [0.1, 0.15) is 5.75 Å². The lowest BCUT2D eigenvalue weighted by atomic mass is 10.1. The number of carbonyl (C=O) groups excluding carboxylic acids is 1. The van der Waals surface area contributed by atoms with Crippen LogP contribution in [-0.2, 0) is 14.3 Å². The van der Waals surface area contributed by atoms with E-state index in [9.17, 15) is 9.90 Å². The third-order valence-electron chi connectivity index (χ3n) is 5.73. The number of para-hydroxylation sites is 1. The first-order valence-corrected chi connectivity index (χ1v) is 11.8. The van der Waals surface area contributed by atoms with Crippen LogP contribution >= 0.6 is 0 Å². The number of amides is 1. The lowest BCUT2D eigenvalue weighted by molar-refractivity contribution is -0.137. The Labute approximate surface area is 192 Å². The van der Waals surface area contributed by atoms with Gasteiger partial charge < -0.3 is 24.2 Å². The van der Waals surface area contributed by atoms with Crippen molar-refractivity contribution in [1.82, 2.24) is 14.7 Å². The second-order valence-electron chi connectivity index (χ2n) is 9.11. The van der Waals surface area contributed by atoms with Crippen molar-refractivity contribution in [3.63, 3.8) is 0 Å². The van der Waals surface area contributed by atoms with Gasteiger partial charge >= 0.3 is 0 Å². The van der Waals surface area contributed by atoms with Gasteiger partial charge in [0.05, 0.1) is 32.0 Å². The highest BCUT2D eigenvalue weighted by molar-refractivity contribution is 5.77. The molecule has 8 nitrogen and oxygen atoms in total. The number of morpholine rings is 2. The Morgan fingerprint density at radius 1 is 1.12 bits per heavy atom. The molecule has 0 aliphatic carbocycles. The van der Waals surface area contributed by atoms with Crippen molar-refractivity contribution in [2.75, 3.05) is 78.8 Å². The number of β-amino-alcohol motifs (C(OH)–C–C–N with tert-alkyl or cyclic N) is 1. The molecule has 2 heterocycles. The first-order valence-electron chi connectivity index (χ1n) is 11.8. The van der Waals surface area contributed by atoms with Gasteiger partial charge in [-0.25, -0.2) is 0 Å². The molecule has 2 aliphatic rings. The van der Waals surface area contributed by atoms with Crippen molar-refractivity contribution in [2.45, 2.75) is 26.1 Å². The molecule has 180 valence electrons. The molecule has 1 amide bonds. The van der Waals surface area contributed by atoms with E-state index in [4.69, 9.17) is 14.2 Å². The molecule has 0 aromatic heterocycles. The van der Waals surface area contributed by atoms with Crippen molar-refractivity contribution in [1.29, 1.82) is 0 Å². The molecule has 8 heteroatoms. The number of hydrogen-bond acceptors (Lipinski definition) is 7. The second-order valence-corrected chi connectivity index (χ2v) is 9.11. The zero-order valence-electron chi connectivity index (χ0n) is 19.5. The van der Waals surface area contributed by atoms with Gasteiger partial charge in [0, 0.05) is 52.4 Å². The SMILES string of the molecule is CC(C)CN(C[C@H]1CN(C[C@@H](O)CN2CCOCC2)CCO1)C(=O)COc1ccccc1. The van der Waals surface area contributed by atoms with Crippen LogP contribution in [0.4, 0.5) is 0 Å². The topological polar surface area (TPSA) is 74.7 Å². The molecule has 0 unspecified atom stereocenters. The van der Waals surface area contributed by atoms with Gasteiger partial charge in [-0.15, -0.1) is 0 Å². The van der Waals surface area contributed by atoms with Crippen molar-refractivity contribution in [3.05, 3.63) is 30.3 Å². The summed E-state index contributed by atoms with van der Waals surface area (Å²) in [6, 6.07) is 9.41. The van der Waals surface area contributed by atoms with Crippen LogP contribution in [0.5, 0.6) is 5.75 Å². The predicted molar refractivity (Wildman–Crippen MR) is 123 cm³/mol. The maximum Gasteiger partial charge on any atom is 0.260 e.